The van der Waals surface area contributed by atoms with Gasteiger partial charge < -0.3 is 11.1 Å². The molecule has 1 amide bonds. The van der Waals surface area contributed by atoms with E-state index in [1.165, 1.54) is 0 Å². The smallest absolute Gasteiger partial charge is 0.236 e. The van der Waals surface area contributed by atoms with Gasteiger partial charge in [-0.1, -0.05) is 33.6 Å². The van der Waals surface area contributed by atoms with Gasteiger partial charge in [0.15, 0.2) is 0 Å². The van der Waals surface area contributed by atoms with Crippen molar-refractivity contribution in [2.75, 3.05) is 6.54 Å². The molecular weight excluding hydrogens is 164 g/mol. The highest BCUT2D eigenvalue weighted by Crippen LogP contribution is 1.98. The minimum absolute atomic E-state index is 0.0119. The minimum atomic E-state index is -0.321. The Morgan fingerprint density at radius 1 is 1.46 bits per heavy atom. The molecule has 3 heteroatoms. The van der Waals surface area contributed by atoms with E-state index in [4.69, 9.17) is 5.73 Å². The second kappa shape index (κ2) is 6.89. The lowest BCUT2D eigenvalue weighted by Crippen LogP contribution is -2.41. The summed E-state index contributed by atoms with van der Waals surface area (Å²) in [4.78, 5) is 11.3. The highest BCUT2D eigenvalue weighted by atomic mass is 16.2. The number of rotatable bonds is 6. The zero-order chi connectivity index (χ0) is 10.3. The van der Waals surface area contributed by atoms with Gasteiger partial charge in [0.05, 0.1) is 6.04 Å². The van der Waals surface area contributed by atoms with E-state index in [-0.39, 0.29) is 11.9 Å². The van der Waals surface area contributed by atoms with Gasteiger partial charge >= 0.3 is 0 Å². The van der Waals surface area contributed by atoms with Crippen molar-refractivity contribution >= 4 is 5.91 Å². The van der Waals surface area contributed by atoms with Crippen molar-refractivity contribution in [1.29, 1.82) is 0 Å². The molecule has 3 nitrogen and oxygen atoms in total. The number of hydrogen-bond donors (Lipinski definition) is 2. The van der Waals surface area contributed by atoms with E-state index in [2.05, 4.69) is 26.1 Å². The average molecular weight is 186 g/mol. The SMILES string of the molecule is CCCC[C@H](N)C(=O)NCC(C)C. The summed E-state index contributed by atoms with van der Waals surface area (Å²) in [5, 5.41) is 2.83. The van der Waals surface area contributed by atoms with Crippen molar-refractivity contribution in [2.24, 2.45) is 11.7 Å². The number of hydrogen-bond acceptors (Lipinski definition) is 2. The summed E-state index contributed by atoms with van der Waals surface area (Å²) >= 11 is 0. The number of amides is 1. The molecule has 0 saturated carbocycles. The van der Waals surface area contributed by atoms with Crippen LogP contribution in [0, 0.1) is 5.92 Å². The Labute approximate surface area is 81.1 Å². The van der Waals surface area contributed by atoms with Crippen LogP contribution in [0.5, 0.6) is 0 Å². The molecule has 0 saturated heterocycles. The fraction of sp³-hybridized carbons (Fsp3) is 0.900. The van der Waals surface area contributed by atoms with Crippen LogP contribution in [-0.4, -0.2) is 18.5 Å². The van der Waals surface area contributed by atoms with Gasteiger partial charge in [0.25, 0.3) is 0 Å². The Kier molecular flexibility index (Phi) is 6.59. The third-order valence-corrected chi connectivity index (χ3v) is 1.89. The van der Waals surface area contributed by atoms with E-state index in [0.29, 0.717) is 5.92 Å². The fourth-order valence-corrected chi connectivity index (χ4v) is 0.991. The summed E-state index contributed by atoms with van der Waals surface area (Å²) < 4.78 is 0. The zero-order valence-electron chi connectivity index (χ0n) is 8.97. The Morgan fingerprint density at radius 3 is 2.54 bits per heavy atom. The number of nitrogens with one attached hydrogen (secondary N) is 1. The molecule has 0 bridgehead atoms. The summed E-state index contributed by atoms with van der Waals surface area (Å²) in [6.45, 7) is 6.95. The molecule has 0 unspecified atom stereocenters. The van der Waals surface area contributed by atoms with Crippen LogP contribution in [0.25, 0.3) is 0 Å². The van der Waals surface area contributed by atoms with Crippen LogP contribution in [0.15, 0.2) is 0 Å². The maximum Gasteiger partial charge on any atom is 0.236 e. The van der Waals surface area contributed by atoms with Crippen molar-refractivity contribution in [3.05, 3.63) is 0 Å². The van der Waals surface area contributed by atoms with Gasteiger partial charge in [-0.05, 0) is 12.3 Å². The zero-order valence-corrected chi connectivity index (χ0v) is 8.97. The third-order valence-electron chi connectivity index (χ3n) is 1.89. The Bertz CT molecular complexity index is 146. The highest BCUT2D eigenvalue weighted by molar-refractivity contribution is 5.81. The molecule has 0 aliphatic heterocycles. The highest BCUT2D eigenvalue weighted by Gasteiger charge is 2.11. The number of nitrogens with two attached hydrogens (primary N) is 1. The molecule has 1 atom stereocenters. The van der Waals surface area contributed by atoms with E-state index >= 15 is 0 Å². The number of carbonyl (C=O) groups is 1. The van der Waals surface area contributed by atoms with Gasteiger partial charge in [0.1, 0.15) is 0 Å². The van der Waals surface area contributed by atoms with Crippen LogP contribution >= 0.6 is 0 Å². The normalized spacial score (nSPS) is 13.0. The van der Waals surface area contributed by atoms with Gasteiger partial charge in [-0.15, -0.1) is 0 Å². The molecule has 13 heavy (non-hydrogen) atoms. The number of carbonyl (C=O) groups excluding carboxylic acids is 1. The van der Waals surface area contributed by atoms with Crippen LogP contribution in [-0.2, 0) is 4.79 Å². The third kappa shape index (κ3) is 6.58. The standard InChI is InChI=1S/C10H22N2O/c1-4-5-6-9(11)10(13)12-7-8(2)3/h8-9H,4-7,11H2,1-3H3,(H,12,13)/t9-/m0/s1. The van der Waals surface area contributed by atoms with Gasteiger partial charge in [0.2, 0.25) is 5.91 Å². The molecule has 0 aliphatic carbocycles. The molecule has 0 spiro atoms. The Hall–Kier alpha value is -0.570. The summed E-state index contributed by atoms with van der Waals surface area (Å²) in [7, 11) is 0. The first kappa shape index (κ1) is 12.4. The second-order valence-corrected chi connectivity index (χ2v) is 3.89. The van der Waals surface area contributed by atoms with Gasteiger partial charge in [0, 0.05) is 6.54 Å². The average Bonchev–Trinajstić information content (AvgIpc) is 2.10. The quantitative estimate of drug-likeness (QED) is 0.656. The molecule has 0 aromatic heterocycles. The number of unbranched alkanes of at least 4 members (excludes halogenated alkanes) is 1. The van der Waals surface area contributed by atoms with Gasteiger partial charge in [-0.3, -0.25) is 4.79 Å². The van der Waals surface area contributed by atoms with E-state index in [9.17, 15) is 4.79 Å². The van der Waals surface area contributed by atoms with Crippen LogP contribution in [0.4, 0.5) is 0 Å². The first-order valence-electron chi connectivity index (χ1n) is 5.11. The van der Waals surface area contributed by atoms with Gasteiger partial charge in [-0.2, -0.15) is 0 Å². The van der Waals surface area contributed by atoms with Crippen LogP contribution in [0.1, 0.15) is 40.0 Å². The predicted molar refractivity (Wildman–Crippen MR) is 55.3 cm³/mol. The van der Waals surface area contributed by atoms with Crippen molar-refractivity contribution in [1.82, 2.24) is 5.32 Å². The molecule has 0 aliphatic rings. The summed E-state index contributed by atoms with van der Waals surface area (Å²) in [6, 6.07) is -0.321. The summed E-state index contributed by atoms with van der Waals surface area (Å²) in [6.07, 6.45) is 2.90. The molecule has 0 fully saturated rings. The topological polar surface area (TPSA) is 55.1 Å². The Balaban J connectivity index is 3.57. The molecule has 0 aromatic carbocycles. The maximum absolute atomic E-state index is 11.3. The van der Waals surface area contributed by atoms with Gasteiger partial charge in [-0.25, -0.2) is 0 Å². The molecule has 3 N–H and O–H groups in total. The van der Waals surface area contributed by atoms with Crippen LogP contribution < -0.4 is 11.1 Å². The van der Waals surface area contributed by atoms with E-state index < -0.39 is 0 Å². The fourth-order valence-electron chi connectivity index (χ4n) is 0.991. The lowest BCUT2D eigenvalue weighted by Gasteiger charge is -2.12. The van der Waals surface area contributed by atoms with Crippen LogP contribution in [0.2, 0.25) is 0 Å². The predicted octanol–water partition coefficient (Wildman–Crippen LogP) is 1.28. The molecular formula is C10H22N2O. The summed E-state index contributed by atoms with van der Waals surface area (Å²) in [5.41, 5.74) is 5.68. The lowest BCUT2D eigenvalue weighted by atomic mass is 10.1. The summed E-state index contributed by atoms with van der Waals surface area (Å²) in [5.74, 6) is 0.476. The monoisotopic (exact) mass is 186 g/mol. The first-order chi connectivity index (χ1) is 6.07. The van der Waals surface area contributed by atoms with Crippen molar-refractivity contribution in [3.63, 3.8) is 0 Å². The van der Waals surface area contributed by atoms with Crippen molar-refractivity contribution < 1.29 is 4.79 Å². The molecule has 0 heterocycles. The minimum Gasteiger partial charge on any atom is -0.354 e. The maximum atomic E-state index is 11.3. The van der Waals surface area contributed by atoms with E-state index in [0.717, 1.165) is 25.8 Å². The molecule has 0 rings (SSSR count). The largest absolute Gasteiger partial charge is 0.354 e. The van der Waals surface area contributed by atoms with Crippen LogP contribution in [0.3, 0.4) is 0 Å². The van der Waals surface area contributed by atoms with Crippen molar-refractivity contribution in [3.8, 4) is 0 Å². The van der Waals surface area contributed by atoms with E-state index in [1.54, 1.807) is 0 Å². The molecule has 78 valence electrons. The second-order valence-electron chi connectivity index (χ2n) is 3.89. The van der Waals surface area contributed by atoms with Crippen molar-refractivity contribution in [2.45, 2.75) is 46.1 Å². The molecule has 0 aromatic rings. The van der Waals surface area contributed by atoms with E-state index in [1.807, 2.05) is 0 Å². The first-order valence-corrected chi connectivity index (χ1v) is 5.11. The molecule has 0 radical (unpaired) electrons. The lowest BCUT2D eigenvalue weighted by molar-refractivity contribution is -0.122. The Morgan fingerprint density at radius 2 is 2.08 bits per heavy atom.